The van der Waals surface area contributed by atoms with E-state index in [1.807, 2.05) is 67.5 Å². The summed E-state index contributed by atoms with van der Waals surface area (Å²) in [5.41, 5.74) is 2.64. The van der Waals surface area contributed by atoms with Gasteiger partial charge in [-0.3, -0.25) is 4.68 Å². The van der Waals surface area contributed by atoms with Crippen molar-refractivity contribution in [2.75, 3.05) is 26.2 Å². The van der Waals surface area contributed by atoms with E-state index in [9.17, 15) is 0 Å². The number of hydrogen-bond acceptors (Lipinski definition) is 6. The number of benzene rings is 2. The van der Waals surface area contributed by atoms with Crippen molar-refractivity contribution in [3.63, 3.8) is 0 Å². The highest BCUT2D eigenvalue weighted by Gasteiger charge is 2.18. The minimum absolute atomic E-state index is 0.652. The van der Waals surface area contributed by atoms with Crippen LogP contribution in [0, 0.1) is 0 Å². The Morgan fingerprint density at radius 3 is 2.39 bits per heavy atom. The molecular formula is C21H21N5O2. The van der Waals surface area contributed by atoms with Gasteiger partial charge in [-0.2, -0.15) is 5.10 Å². The third kappa shape index (κ3) is 3.00. The van der Waals surface area contributed by atoms with Gasteiger partial charge in [-0.1, -0.05) is 30.3 Å². The number of rotatable bonds is 5. The second kappa shape index (κ2) is 7.19. The van der Waals surface area contributed by atoms with E-state index in [0.717, 1.165) is 28.1 Å². The van der Waals surface area contributed by atoms with Gasteiger partial charge < -0.3 is 14.4 Å². The maximum Gasteiger partial charge on any atom is 0.164 e. The minimum Gasteiger partial charge on any atom is -0.493 e. The van der Waals surface area contributed by atoms with Crippen LogP contribution in [0.5, 0.6) is 11.5 Å². The van der Waals surface area contributed by atoms with E-state index in [1.165, 1.54) is 0 Å². The van der Waals surface area contributed by atoms with Crippen LogP contribution in [0.1, 0.15) is 0 Å². The van der Waals surface area contributed by atoms with Crippen LogP contribution in [0.15, 0.2) is 54.7 Å². The summed E-state index contributed by atoms with van der Waals surface area (Å²) in [5, 5.41) is 5.25. The quantitative estimate of drug-likeness (QED) is 0.528. The zero-order valence-electron chi connectivity index (χ0n) is 16.2. The van der Waals surface area contributed by atoms with Crippen molar-refractivity contribution < 1.29 is 9.47 Å². The summed E-state index contributed by atoms with van der Waals surface area (Å²) in [6, 6.07) is 15.7. The SMILES string of the molecule is COc1ccc(N(C)c2nc(-c3ccccc3)nc3c2cnn3C)cc1OC. The molecule has 0 amide bonds. The third-order valence-electron chi connectivity index (χ3n) is 4.68. The molecule has 4 aromatic rings. The van der Waals surface area contributed by atoms with Gasteiger partial charge in [0.1, 0.15) is 5.82 Å². The highest BCUT2D eigenvalue weighted by molar-refractivity contribution is 5.91. The lowest BCUT2D eigenvalue weighted by molar-refractivity contribution is 0.355. The van der Waals surface area contributed by atoms with Gasteiger partial charge in [0.15, 0.2) is 23.0 Å². The van der Waals surface area contributed by atoms with Gasteiger partial charge in [-0.05, 0) is 12.1 Å². The average molecular weight is 375 g/mol. The molecule has 0 radical (unpaired) electrons. The summed E-state index contributed by atoms with van der Waals surface area (Å²) < 4.78 is 12.6. The first-order valence-corrected chi connectivity index (χ1v) is 8.83. The number of nitrogens with zero attached hydrogens (tertiary/aromatic N) is 5. The van der Waals surface area contributed by atoms with Gasteiger partial charge >= 0.3 is 0 Å². The molecule has 142 valence electrons. The first-order valence-electron chi connectivity index (χ1n) is 8.83. The minimum atomic E-state index is 0.652. The molecule has 0 fully saturated rings. The van der Waals surface area contributed by atoms with Crippen molar-refractivity contribution in [2.24, 2.45) is 7.05 Å². The standard InChI is InChI=1S/C21H21N5O2/c1-25(15-10-11-17(27-3)18(12-15)28-4)20-16-13-22-26(2)21(16)24-19(23-20)14-8-6-5-7-9-14/h5-13H,1-4H3. The van der Waals surface area contributed by atoms with Gasteiger partial charge in [0.2, 0.25) is 0 Å². The normalized spacial score (nSPS) is 10.9. The fraction of sp³-hybridized carbons (Fsp3) is 0.190. The Balaban J connectivity index is 1.88. The molecule has 2 aromatic heterocycles. The van der Waals surface area contributed by atoms with E-state index >= 15 is 0 Å². The maximum absolute atomic E-state index is 5.45. The highest BCUT2D eigenvalue weighted by atomic mass is 16.5. The van der Waals surface area contributed by atoms with Crippen LogP contribution >= 0.6 is 0 Å². The molecule has 2 heterocycles. The van der Waals surface area contributed by atoms with E-state index in [0.29, 0.717) is 17.3 Å². The molecule has 0 spiro atoms. The summed E-state index contributed by atoms with van der Waals surface area (Å²) in [4.78, 5) is 11.6. The largest absolute Gasteiger partial charge is 0.493 e. The predicted molar refractivity (Wildman–Crippen MR) is 109 cm³/mol. The molecule has 0 saturated heterocycles. The Morgan fingerprint density at radius 2 is 1.68 bits per heavy atom. The van der Waals surface area contributed by atoms with Crippen molar-refractivity contribution in [3.05, 3.63) is 54.7 Å². The van der Waals surface area contributed by atoms with Gasteiger partial charge in [-0.25, -0.2) is 9.97 Å². The molecule has 28 heavy (non-hydrogen) atoms. The number of aromatic nitrogens is 4. The Labute approximate surface area is 163 Å². The number of fused-ring (bicyclic) bond motifs is 1. The van der Waals surface area contributed by atoms with E-state index in [-0.39, 0.29) is 0 Å². The van der Waals surface area contributed by atoms with Crippen LogP contribution in [0.2, 0.25) is 0 Å². The first kappa shape index (κ1) is 17.8. The van der Waals surface area contributed by atoms with Gasteiger partial charge in [0, 0.05) is 31.4 Å². The smallest absolute Gasteiger partial charge is 0.164 e. The lowest BCUT2D eigenvalue weighted by atomic mass is 10.2. The first-order chi connectivity index (χ1) is 13.6. The van der Waals surface area contributed by atoms with Gasteiger partial charge in [0.05, 0.1) is 25.8 Å². The summed E-state index contributed by atoms with van der Waals surface area (Å²) in [5.74, 6) is 2.76. The molecule has 7 heteroatoms. The second-order valence-corrected chi connectivity index (χ2v) is 6.34. The molecular weight excluding hydrogens is 354 g/mol. The number of ether oxygens (including phenoxy) is 2. The number of hydrogen-bond donors (Lipinski definition) is 0. The lowest BCUT2D eigenvalue weighted by Gasteiger charge is -2.21. The van der Waals surface area contributed by atoms with E-state index in [2.05, 4.69) is 5.10 Å². The van der Waals surface area contributed by atoms with Crippen LogP contribution in [0.25, 0.3) is 22.4 Å². The highest BCUT2D eigenvalue weighted by Crippen LogP contribution is 2.35. The molecule has 0 atom stereocenters. The molecule has 4 rings (SSSR count). The van der Waals surface area contributed by atoms with Gasteiger partial charge in [-0.15, -0.1) is 0 Å². The number of aryl methyl sites for hydroxylation is 1. The topological polar surface area (TPSA) is 65.3 Å². The van der Waals surface area contributed by atoms with Crippen molar-refractivity contribution in [1.29, 1.82) is 0 Å². The molecule has 0 N–H and O–H groups in total. The van der Waals surface area contributed by atoms with Crippen molar-refractivity contribution in [2.45, 2.75) is 0 Å². The van der Waals surface area contributed by atoms with Crippen LogP contribution in [0.3, 0.4) is 0 Å². The Kier molecular flexibility index (Phi) is 4.57. The monoisotopic (exact) mass is 375 g/mol. The summed E-state index contributed by atoms with van der Waals surface area (Å²) in [7, 11) is 7.09. The molecule has 0 unspecified atom stereocenters. The van der Waals surface area contributed by atoms with Crippen LogP contribution in [-0.2, 0) is 7.05 Å². The average Bonchev–Trinajstić information content (AvgIpc) is 3.13. The number of anilines is 2. The summed E-state index contributed by atoms with van der Waals surface area (Å²) >= 11 is 0. The number of methoxy groups -OCH3 is 2. The van der Waals surface area contributed by atoms with Crippen molar-refractivity contribution in [3.8, 4) is 22.9 Å². The molecule has 2 aromatic carbocycles. The zero-order chi connectivity index (χ0) is 19.7. The van der Waals surface area contributed by atoms with E-state index in [1.54, 1.807) is 25.1 Å². The molecule has 0 aliphatic heterocycles. The molecule has 7 nitrogen and oxygen atoms in total. The molecule has 0 bridgehead atoms. The summed E-state index contributed by atoms with van der Waals surface area (Å²) in [6.07, 6.45) is 1.79. The van der Waals surface area contributed by atoms with Crippen molar-refractivity contribution >= 4 is 22.5 Å². The zero-order valence-corrected chi connectivity index (χ0v) is 16.2. The van der Waals surface area contributed by atoms with Gasteiger partial charge in [0.25, 0.3) is 0 Å². The molecule has 0 aliphatic rings. The summed E-state index contributed by atoms with van der Waals surface area (Å²) in [6.45, 7) is 0. The van der Waals surface area contributed by atoms with E-state index < -0.39 is 0 Å². The fourth-order valence-corrected chi connectivity index (χ4v) is 3.14. The van der Waals surface area contributed by atoms with E-state index in [4.69, 9.17) is 19.4 Å². The fourth-order valence-electron chi connectivity index (χ4n) is 3.14. The van der Waals surface area contributed by atoms with Crippen molar-refractivity contribution in [1.82, 2.24) is 19.7 Å². The lowest BCUT2D eigenvalue weighted by Crippen LogP contribution is -2.13. The van der Waals surface area contributed by atoms with Crippen LogP contribution < -0.4 is 14.4 Å². The Morgan fingerprint density at radius 1 is 0.929 bits per heavy atom. The maximum atomic E-state index is 5.45. The molecule has 0 saturated carbocycles. The van der Waals surface area contributed by atoms with Crippen LogP contribution in [0.4, 0.5) is 11.5 Å². The Hall–Kier alpha value is -3.61. The second-order valence-electron chi connectivity index (χ2n) is 6.34. The Bertz CT molecular complexity index is 1120. The molecule has 0 aliphatic carbocycles. The predicted octanol–water partition coefficient (Wildman–Crippen LogP) is 3.82. The third-order valence-corrected chi connectivity index (χ3v) is 4.68. The van der Waals surface area contributed by atoms with Crippen LogP contribution in [-0.4, -0.2) is 41.0 Å².